The third-order valence-corrected chi connectivity index (χ3v) is 9.71. The number of amides is 4. The van der Waals surface area contributed by atoms with Crippen molar-refractivity contribution in [1.29, 1.82) is 5.26 Å². The lowest BCUT2D eigenvalue weighted by molar-refractivity contribution is -0.177. The van der Waals surface area contributed by atoms with Gasteiger partial charge in [-0.1, -0.05) is 13.8 Å². The Hall–Kier alpha value is -2.88. The van der Waals surface area contributed by atoms with E-state index in [9.17, 15) is 37.6 Å². The number of likely N-dealkylation sites (tertiary alicyclic amines) is 1. The van der Waals surface area contributed by atoms with E-state index in [-0.39, 0.29) is 41.7 Å². The SMILES string of the molecule is C[C@@H](OC1(C)CC1)[C@H](NC(=O)C(F)(F)F)C(=O)N1C[C@H]2[C@@H]([C@H]1C(=O)N[C@H](C#N)C[C@@H]1CC3(CC3)NC1=O)C2(C)C. The Kier molecular flexibility index (Phi) is 6.68. The minimum Gasteiger partial charge on any atom is -0.370 e. The first kappa shape index (κ1) is 28.6. The number of ether oxygens (including phenoxy) is 1. The Labute approximate surface area is 230 Å². The highest BCUT2D eigenvalue weighted by Gasteiger charge is 2.70. The molecule has 1 spiro atoms. The zero-order valence-electron chi connectivity index (χ0n) is 23.1. The molecule has 0 bridgehead atoms. The number of hydrogen-bond donors (Lipinski definition) is 3. The number of rotatable bonds is 9. The Bertz CT molecular complexity index is 1160. The predicted octanol–water partition coefficient (Wildman–Crippen LogP) is 1.54. The van der Waals surface area contributed by atoms with E-state index in [2.05, 4.69) is 10.6 Å². The number of hydrogen-bond acceptors (Lipinski definition) is 6. The first-order chi connectivity index (χ1) is 18.5. The zero-order valence-corrected chi connectivity index (χ0v) is 23.1. The molecule has 5 rings (SSSR count). The molecule has 40 heavy (non-hydrogen) atoms. The summed E-state index contributed by atoms with van der Waals surface area (Å²) in [4.78, 5) is 52.9. The third kappa shape index (κ3) is 5.27. The number of nitrogens with zero attached hydrogens (tertiary/aromatic N) is 2. The van der Waals surface area contributed by atoms with Crippen molar-refractivity contribution < 1.29 is 37.1 Å². The first-order valence-electron chi connectivity index (χ1n) is 13.9. The van der Waals surface area contributed by atoms with Crippen LogP contribution < -0.4 is 16.0 Å². The molecule has 5 aliphatic rings. The van der Waals surface area contributed by atoms with Gasteiger partial charge in [-0.15, -0.1) is 0 Å². The van der Waals surface area contributed by atoms with Crippen molar-refractivity contribution in [2.45, 2.75) is 108 Å². The van der Waals surface area contributed by atoms with Crippen molar-refractivity contribution in [1.82, 2.24) is 20.9 Å². The number of carbonyl (C=O) groups excluding carboxylic acids is 4. The molecule has 3 N–H and O–H groups in total. The van der Waals surface area contributed by atoms with Crippen LogP contribution in [0.4, 0.5) is 13.2 Å². The summed E-state index contributed by atoms with van der Waals surface area (Å²) < 4.78 is 45.4. The lowest BCUT2D eigenvalue weighted by Crippen LogP contribution is -2.61. The second-order valence-corrected chi connectivity index (χ2v) is 13.2. The van der Waals surface area contributed by atoms with Crippen molar-refractivity contribution in [2.24, 2.45) is 23.2 Å². The zero-order chi connectivity index (χ0) is 29.4. The molecule has 5 fully saturated rings. The van der Waals surface area contributed by atoms with Crippen LogP contribution in [-0.2, 0) is 23.9 Å². The summed E-state index contributed by atoms with van der Waals surface area (Å²) in [6.07, 6.45) is -2.43. The maximum absolute atomic E-state index is 13.8. The maximum atomic E-state index is 13.8. The molecule has 0 unspecified atom stereocenters. The van der Waals surface area contributed by atoms with Crippen molar-refractivity contribution in [3.8, 4) is 6.07 Å². The van der Waals surface area contributed by atoms with E-state index in [0.29, 0.717) is 19.3 Å². The summed E-state index contributed by atoms with van der Waals surface area (Å²) >= 11 is 0. The van der Waals surface area contributed by atoms with Gasteiger partial charge in [0.15, 0.2) is 0 Å². The van der Waals surface area contributed by atoms with Gasteiger partial charge < -0.3 is 25.6 Å². The van der Waals surface area contributed by atoms with Gasteiger partial charge in [0.05, 0.1) is 17.8 Å². The van der Waals surface area contributed by atoms with Gasteiger partial charge in [0.2, 0.25) is 17.7 Å². The molecule has 7 atom stereocenters. The van der Waals surface area contributed by atoms with Gasteiger partial charge in [0.25, 0.3) is 0 Å². The molecule has 10 nitrogen and oxygen atoms in total. The molecule has 0 aromatic heterocycles. The van der Waals surface area contributed by atoms with Crippen molar-refractivity contribution in [2.75, 3.05) is 6.54 Å². The smallest absolute Gasteiger partial charge is 0.370 e. The van der Waals surface area contributed by atoms with Gasteiger partial charge in [-0.25, -0.2) is 0 Å². The van der Waals surface area contributed by atoms with E-state index in [1.807, 2.05) is 19.9 Å². The van der Waals surface area contributed by atoms with Gasteiger partial charge in [-0.3, -0.25) is 19.2 Å². The summed E-state index contributed by atoms with van der Waals surface area (Å²) in [5, 5.41) is 17.2. The van der Waals surface area contributed by atoms with E-state index >= 15 is 0 Å². The standard InChI is InChI=1S/C27H36F3N5O5/c1-13(40-25(4)5-6-25)18(33-23(39)27(28,29)30)22(38)35-12-16-17(24(16,2)3)19(35)21(37)32-15(11-31)9-14-10-26(7-8-26)34-20(14)36/h13-19H,5-10,12H2,1-4H3,(H,32,37)(H,33,39)(H,34,36)/t13-,14-,15+,16+,17+,18+,19+/m1/s1. The Morgan fingerprint density at radius 1 is 1.18 bits per heavy atom. The fourth-order valence-electron chi connectivity index (χ4n) is 6.74. The van der Waals surface area contributed by atoms with Crippen LogP contribution in [0.5, 0.6) is 0 Å². The molecule has 2 aliphatic heterocycles. The van der Waals surface area contributed by atoms with Gasteiger partial charge >= 0.3 is 12.1 Å². The molecule has 2 saturated heterocycles. The second-order valence-electron chi connectivity index (χ2n) is 13.2. The summed E-state index contributed by atoms with van der Waals surface area (Å²) in [6, 6.07) is -1.63. The summed E-state index contributed by atoms with van der Waals surface area (Å²) in [6.45, 7) is 7.24. The number of alkyl halides is 3. The highest BCUT2D eigenvalue weighted by molar-refractivity contribution is 5.95. The molecular formula is C27H36F3N5O5. The number of fused-ring (bicyclic) bond motifs is 1. The summed E-state index contributed by atoms with van der Waals surface area (Å²) in [5.41, 5.74) is -1.06. The number of nitriles is 1. The number of piperidine rings is 1. The van der Waals surface area contributed by atoms with Crippen molar-refractivity contribution >= 4 is 23.6 Å². The Morgan fingerprint density at radius 3 is 2.35 bits per heavy atom. The molecule has 0 radical (unpaired) electrons. The van der Waals surface area contributed by atoms with Crippen LogP contribution in [0.1, 0.15) is 66.2 Å². The predicted molar refractivity (Wildman–Crippen MR) is 133 cm³/mol. The molecule has 13 heteroatoms. The Morgan fingerprint density at radius 2 is 1.82 bits per heavy atom. The second kappa shape index (κ2) is 9.33. The van der Waals surface area contributed by atoms with E-state index in [0.717, 1.165) is 12.8 Å². The summed E-state index contributed by atoms with van der Waals surface area (Å²) in [5.74, 6) is -4.59. The van der Waals surface area contributed by atoms with E-state index in [1.165, 1.54) is 11.8 Å². The van der Waals surface area contributed by atoms with Crippen LogP contribution in [0.15, 0.2) is 0 Å². The van der Waals surface area contributed by atoms with Gasteiger partial charge in [-0.05, 0) is 69.6 Å². The quantitative estimate of drug-likeness (QED) is 0.386. The van der Waals surface area contributed by atoms with Crippen LogP contribution in [0.2, 0.25) is 0 Å². The summed E-state index contributed by atoms with van der Waals surface area (Å²) in [7, 11) is 0. The highest BCUT2D eigenvalue weighted by Crippen LogP contribution is 2.65. The van der Waals surface area contributed by atoms with Gasteiger partial charge in [0, 0.05) is 18.0 Å². The molecule has 3 aliphatic carbocycles. The molecule has 3 saturated carbocycles. The third-order valence-electron chi connectivity index (χ3n) is 9.71. The average Bonchev–Trinajstić information content (AvgIpc) is 3.77. The molecule has 2 heterocycles. The fraction of sp³-hybridized carbons (Fsp3) is 0.815. The van der Waals surface area contributed by atoms with E-state index in [4.69, 9.17) is 4.74 Å². The highest BCUT2D eigenvalue weighted by atomic mass is 19.4. The minimum absolute atomic E-state index is 0.0702. The normalized spacial score (nSPS) is 32.2. The van der Waals surface area contributed by atoms with Gasteiger partial charge in [-0.2, -0.15) is 18.4 Å². The molecule has 0 aromatic carbocycles. The molecule has 4 amide bonds. The van der Waals surface area contributed by atoms with E-state index in [1.54, 1.807) is 12.2 Å². The number of nitrogens with one attached hydrogen (secondary N) is 3. The maximum Gasteiger partial charge on any atom is 0.471 e. The monoisotopic (exact) mass is 567 g/mol. The molecule has 220 valence electrons. The van der Waals surface area contributed by atoms with Crippen molar-refractivity contribution in [3.63, 3.8) is 0 Å². The van der Waals surface area contributed by atoms with E-state index < -0.39 is 59.6 Å². The number of carbonyl (C=O) groups is 4. The minimum atomic E-state index is -5.21. The van der Waals surface area contributed by atoms with Crippen LogP contribution in [0.25, 0.3) is 0 Å². The van der Waals surface area contributed by atoms with Crippen LogP contribution in [-0.4, -0.2) is 76.6 Å². The number of halogens is 3. The molecular weight excluding hydrogens is 531 g/mol. The lowest BCUT2D eigenvalue weighted by Gasteiger charge is -2.35. The first-order valence-corrected chi connectivity index (χ1v) is 13.9. The average molecular weight is 568 g/mol. The van der Waals surface area contributed by atoms with Crippen LogP contribution >= 0.6 is 0 Å². The molecule has 0 aromatic rings. The van der Waals surface area contributed by atoms with Crippen LogP contribution in [0.3, 0.4) is 0 Å². The van der Waals surface area contributed by atoms with Crippen LogP contribution in [0, 0.1) is 34.5 Å². The van der Waals surface area contributed by atoms with Crippen molar-refractivity contribution in [3.05, 3.63) is 0 Å². The Balaban J connectivity index is 1.32. The largest absolute Gasteiger partial charge is 0.471 e. The topological polar surface area (TPSA) is 141 Å². The lowest BCUT2D eigenvalue weighted by atomic mass is 9.95. The van der Waals surface area contributed by atoms with Gasteiger partial charge in [0.1, 0.15) is 18.1 Å². The fourth-order valence-corrected chi connectivity index (χ4v) is 6.74.